The number of aromatic nitrogens is 3. The maximum Gasteiger partial charge on any atom is 0.249 e. The minimum atomic E-state index is -0.125. The van der Waals surface area contributed by atoms with Crippen molar-refractivity contribution in [1.29, 1.82) is 0 Å². The summed E-state index contributed by atoms with van der Waals surface area (Å²) in [5, 5.41) is 10.3. The molecule has 1 amide bonds. The summed E-state index contributed by atoms with van der Waals surface area (Å²) in [4.78, 5) is 14.7. The normalized spacial score (nSPS) is 9.42. The Balaban J connectivity index is 2.47. The fourth-order valence-corrected chi connectivity index (χ4v) is 0.938. The van der Waals surface area contributed by atoms with Crippen LogP contribution >= 0.6 is 15.9 Å². The van der Waals surface area contributed by atoms with Crippen molar-refractivity contribution in [3.63, 3.8) is 0 Å². The van der Waals surface area contributed by atoms with Crippen LogP contribution in [-0.4, -0.2) is 26.4 Å². The number of hydrogen-bond donors (Lipinski definition) is 1. The summed E-state index contributed by atoms with van der Waals surface area (Å²) in [6, 6.07) is 0. The van der Waals surface area contributed by atoms with E-state index in [1.807, 2.05) is 0 Å². The average Bonchev–Trinajstić information content (AvgIpc) is 2.06. The van der Waals surface area contributed by atoms with Crippen molar-refractivity contribution in [2.24, 2.45) is 0 Å². The van der Waals surface area contributed by atoms with Crippen LogP contribution in [0.1, 0.15) is 6.42 Å². The molecule has 6 heteroatoms. The minimum absolute atomic E-state index is 0.125. The molecule has 1 N–H and O–H groups in total. The molecule has 1 aromatic rings. The van der Waals surface area contributed by atoms with Gasteiger partial charge in [0, 0.05) is 11.8 Å². The van der Waals surface area contributed by atoms with Gasteiger partial charge in [0.25, 0.3) is 0 Å². The summed E-state index contributed by atoms with van der Waals surface area (Å²) >= 11 is 3.15. The Bertz CT molecular complexity index is 253. The van der Waals surface area contributed by atoms with Gasteiger partial charge in [-0.1, -0.05) is 15.9 Å². The van der Waals surface area contributed by atoms with E-state index in [2.05, 4.69) is 36.4 Å². The number of rotatable bonds is 3. The van der Waals surface area contributed by atoms with Crippen LogP contribution in [0.25, 0.3) is 0 Å². The fourth-order valence-electron chi connectivity index (χ4n) is 0.578. The summed E-state index contributed by atoms with van der Waals surface area (Å²) in [7, 11) is 0. The van der Waals surface area contributed by atoms with Gasteiger partial charge in [-0.2, -0.15) is 5.10 Å². The molecule has 0 radical (unpaired) electrons. The van der Waals surface area contributed by atoms with Crippen molar-refractivity contribution in [1.82, 2.24) is 15.2 Å². The zero-order chi connectivity index (χ0) is 8.81. The number of halogens is 1. The zero-order valence-corrected chi connectivity index (χ0v) is 7.78. The third kappa shape index (κ3) is 2.91. The summed E-state index contributed by atoms with van der Waals surface area (Å²) in [6.07, 6.45) is 3.31. The van der Waals surface area contributed by atoms with Gasteiger partial charge in [-0.25, -0.2) is 4.98 Å². The number of hydrogen-bond acceptors (Lipinski definition) is 4. The van der Waals surface area contributed by atoms with E-state index in [0.29, 0.717) is 11.8 Å². The molecule has 0 aliphatic heterocycles. The number of alkyl halides is 1. The molecule has 1 rings (SSSR count). The number of carbonyl (C=O) groups excluding carboxylic acids is 1. The molecule has 12 heavy (non-hydrogen) atoms. The van der Waals surface area contributed by atoms with Crippen LogP contribution in [0.5, 0.6) is 0 Å². The Hall–Kier alpha value is -1.04. The van der Waals surface area contributed by atoms with Gasteiger partial charge in [0.15, 0.2) is 0 Å². The second-order valence-corrected chi connectivity index (χ2v) is 2.75. The van der Waals surface area contributed by atoms with Gasteiger partial charge in [-0.15, -0.1) is 5.10 Å². The van der Waals surface area contributed by atoms with Crippen molar-refractivity contribution in [2.45, 2.75) is 6.42 Å². The maximum atomic E-state index is 11.0. The molecule has 0 bridgehead atoms. The van der Waals surface area contributed by atoms with E-state index in [0.717, 1.165) is 0 Å². The zero-order valence-electron chi connectivity index (χ0n) is 6.20. The summed E-state index contributed by atoms with van der Waals surface area (Å²) < 4.78 is 0. The monoisotopic (exact) mass is 230 g/mol. The second kappa shape index (κ2) is 4.76. The number of nitrogens with one attached hydrogen (secondary N) is 1. The summed E-state index contributed by atoms with van der Waals surface area (Å²) in [6.45, 7) is 0. The number of anilines is 1. The Morgan fingerprint density at radius 1 is 1.58 bits per heavy atom. The van der Waals surface area contributed by atoms with Gasteiger partial charge in [0.1, 0.15) is 0 Å². The highest BCUT2D eigenvalue weighted by molar-refractivity contribution is 9.09. The van der Waals surface area contributed by atoms with E-state index >= 15 is 0 Å². The van der Waals surface area contributed by atoms with Crippen molar-refractivity contribution < 1.29 is 4.79 Å². The molecule has 0 saturated heterocycles. The van der Waals surface area contributed by atoms with Crippen LogP contribution in [0.3, 0.4) is 0 Å². The lowest BCUT2D eigenvalue weighted by Gasteiger charge is -1.98. The third-order valence-corrected chi connectivity index (χ3v) is 1.45. The van der Waals surface area contributed by atoms with Crippen LogP contribution in [0, 0.1) is 0 Å². The molecule has 0 aliphatic rings. The molecule has 5 nitrogen and oxygen atoms in total. The van der Waals surface area contributed by atoms with E-state index in [9.17, 15) is 4.79 Å². The molecule has 0 saturated carbocycles. The molecule has 0 fully saturated rings. The van der Waals surface area contributed by atoms with Crippen LogP contribution in [-0.2, 0) is 4.79 Å². The van der Waals surface area contributed by atoms with Gasteiger partial charge in [-0.05, 0) is 0 Å². The molecule has 64 valence electrons. The minimum Gasteiger partial charge on any atom is -0.293 e. The molecular weight excluding hydrogens is 224 g/mol. The first kappa shape index (κ1) is 9.05. The summed E-state index contributed by atoms with van der Waals surface area (Å²) in [5.41, 5.74) is 0. The van der Waals surface area contributed by atoms with Gasteiger partial charge in [-0.3, -0.25) is 10.1 Å². The lowest BCUT2D eigenvalue weighted by Crippen LogP contribution is -2.14. The number of amides is 1. The van der Waals surface area contributed by atoms with E-state index in [4.69, 9.17) is 0 Å². The van der Waals surface area contributed by atoms with Crippen molar-refractivity contribution in [3.8, 4) is 0 Å². The van der Waals surface area contributed by atoms with Crippen molar-refractivity contribution >= 4 is 27.8 Å². The SMILES string of the molecule is O=C(CCBr)Nc1nccnn1. The predicted octanol–water partition coefficient (Wildman–Crippen LogP) is 0.595. The van der Waals surface area contributed by atoms with Crippen LogP contribution in [0.15, 0.2) is 12.4 Å². The second-order valence-electron chi connectivity index (χ2n) is 1.95. The largest absolute Gasteiger partial charge is 0.293 e. The fraction of sp³-hybridized carbons (Fsp3) is 0.333. The van der Waals surface area contributed by atoms with E-state index < -0.39 is 0 Å². The number of carbonyl (C=O) groups is 1. The van der Waals surface area contributed by atoms with Crippen molar-refractivity contribution in [2.75, 3.05) is 10.6 Å². The van der Waals surface area contributed by atoms with Gasteiger partial charge in [0.2, 0.25) is 11.9 Å². The highest BCUT2D eigenvalue weighted by atomic mass is 79.9. The van der Waals surface area contributed by atoms with Crippen molar-refractivity contribution in [3.05, 3.63) is 12.4 Å². The maximum absolute atomic E-state index is 11.0. The molecule has 1 aromatic heterocycles. The molecule has 0 spiro atoms. The van der Waals surface area contributed by atoms with Gasteiger partial charge < -0.3 is 0 Å². The molecule has 0 unspecified atom stereocenters. The molecule has 0 aliphatic carbocycles. The van der Waals surface area contributed by atoms with Gasteiger partial charge >= 0.3 is 0 Å². The molecule has 0 atom stereocenters. The molecule has 0 aromatic carbocycles. The first-order chi connectivity index (χ1) is 5.83. The topological polar surface area (TPSA) is 67.8 Å². The Labute approximate surface area is 77.7 Å². The standard InChI is InChI=1S/C6H7BrN4O/c7-2-1-5(12)10-6-8-3-4-9-11-6/h3-4H,1-2H2,(H,8,10,11,12). The lowest BCUT2D eigenvalue weighted by molar-refractivity contribution is -0.115. The third-order valence-electron chi connectivity index (χ3n) is 1.06. The Morgan fingerprint density at radius 2 is 2.42 bits per heavy atom. The predicted molar refractivity (Wildman–Crippen MR) is 46.9 cm³/mol. The highest BCUT2D eigenvalue weighted by Crippen LogP contribution is 1.95. The quantitative estimate of drug-likeness (QED) is 0.773. The van der Waals surface area contributed by atoms with Crippen LogP contribution < -0.4 is 5.32 Å². The van der Waals surface area contributed by atoms with Gasteiger partial charge in [0.05, 0.1) is 12.4 Å². The Morgan fingerprint density at radius 3 is 3.00 bits per heavy atom. The number of nitrogens with zero attached hydrogens (tertiary/aromatic N) is 3. The summed E-state index contributed by atoms with van der Waals surface area (Å²) in [5.74, 6) is 0.114. The molecular formula is C6H7BrN4O. The average molecular weight is 231 g/mol. The smallest absolute Gasteiger partial charge is 0.249 e. The first-order valence-corrected chi connectivity index (χ1v) is 4.44. The van der Waals surface area contributed by atoms with E-state index in [-0.39, 0.29) is 11.9 Å². The first-order valence-electron chi connectivity index (χ1n) is 3.32. The van der Waals surface area contributed by atoms with Crippen LogP contribution in [0.2, 0.25) is 0 Å². The highest BCUT2D eigenvalue weighted by Gasteiger charge is 2.01. The van der Waals surface area contributed by atoms with E-state index in [1.54, 1.807) is 0 Å². The Kier molecular flexibility index (Phi) is 3.59. The van der Waals surface area contributed by atoms with Crippen LogP contribution in [0.4, 0.5) is 5.95 Å². The lowest BCUT2D eigenvalue weighted by atomic mass is 10.5. The molecule has 1 heterocycles. The van der Waals surface area contributed by atoms with E-state index in [1.165, 1.54) is 12.4 Å².